The summed E-state index contributed by atoms with van der Waals surface area (Å²) in [6.07, 6.45) is 1.42. The second kappa shape index (κ2) is 6.17. The minimum absolute atomic E-state index is 0. The van der Waals surface area contributed by atoms with E-state index in [-0.39, 0.29) is 25.0 Å². The van der Waals surface area contributed by atoms with Crippen LogP contribution in [0.1, 0.15) is 0 Å². The number of ether oxygens (including phenoxy) is 2. The first-order valence-corrected chi connectivity index (χ1v) is 7.26. The summed E-state index contributed by atoms with van der Waals surface area (Å²) in [5.74, 6) is 1.40. The first kappa shape index (κ1) is 15.8. The van der Waals surface area contributed by atoms with Gasteiger partial charge in [0.2, 0.25) is 6.79 Å². The van der Waals surface area contributed by atoms with Crippen molar-refractivity contribution in [3.05, 3.63) is 46.9 Å². The van der Waals surface area contributed by atoms with Gasteiger partial charge in [-0.15, -0.1) is 12.4 Å². The predicted molar refractivity (Wildman–Crippen MR) is 90.3 cm³/mol. The Bertz CT molecular complexity index is 894. The second-order valence-corrected chi connectivity index (χ2v) is 5.61. The van der Waals surface area contributed by atoms with Gasteiger partial charge >= 0.3 is 0 Å². The molecule has 1 aliphatic heterocycles. The van der Waals surface area contributed by atoms with Gasteiger partial charge in [-0.05, 0) is 24.3 Å². The Balaban J connectivity index is 0.00000156. The molecule has 0 bridgehead atoms. The largest absolute Gasteiger partial charge is 0.454 e. The fourth-order valence-corrected chi connectivity index (χ4v) is 2.60. The van der Waals surface area contributed by atoms with Crippen molar-refractivity contribution in [1.29, 1.82) is 0 Å². The standard InChI is InChI=1S/C15H9BrFN3O2.ClH/c16-8-1-2-11(10(17)3-8)20-15-9-4-13-14(22-7-21-13)5-12(9)18-6-19-15;/h1-6H,7H2,(H,18,19,20);1H. The van der Waals surface area contributed by atoms with Gasteiger partial charge in [0.15, 0.2) is 11.5 Å². The number of anilines is 2. The Morgan fingerprint density at radius 1 is 1.09 bits per heavy atom. The van der Waals surface area contributed by atoms with Crippen LogP contribution in [0.3, 0.4) is 0 Å². The van der Waals surface area contributed by atoms with Crippen LogP contribution in [-0.2, 0) is 0 Å². The average Bonchev–Trinajstić information content (AvgIpc) is 2.95. The van der Waals surface area contributed by atoms with Crippen LogP contribution < -0.4 is 14.8 Å². The molecule has 1 aliphatic rings. The van der Waals surface area contributed by atoms with Gasteiger partial charge in [0.1, 0.15) is 18.0 Å². The number of halogens is 3. The van der Waals surface area contributed by atoms with Crippen LogP contribution in [0.4, 0.5) is 15.9 Å². The SMILES string of the molecule is Cl.Fc1cc(Br)ccc1Nc1ncnc2cc3c(cc12)OCO3. The number of benzene rings is 2. The molecule has 0 atom stereocenters. The average molecular weight is 399 g/mol. The maximum Gasteiger partial charge on any atom is 0.231 e. The molecule has 0 saturated carbocycles. The molecule has 118 valence electrons. The van der Waals surface area contributed by atoms with Gasteiger partial charge in [-0.3, -0.25) is 0 Å². The van der Waals surface area contributed by atoms with E-state index < -0.39 is 0 Å². The summed E-state index contributed by atoms with van der Waals surface area (Å²) < 4.78 is 25.3. The maximum absolute atomic E-state index is 14.0. The third-order valence-electron chi connectivity index (χ3n) is 3.31. The summed E-state index contributed by atoms with van der Waals surface area (Å²) in [7, 11) is 0. The lowest BCUT2D eigenvalue weighted by Crippen LogP contribution is -1.98. The molecular weight excluding hydrogens is 389 g/mol. The number of nitrogens with one attached hydrogen (secondary N) is 1. The van der Waals surface area contributed by atoms with Gasteiger partial charge in [0.25, 0.3) is 0 Å². The number of fused-ring (bicyclic) bond motifs is 2. The van der Waals surface area contributed by atoms with Crippen molar-refractivity contribution in [1.82, 2.24) is 9.97 Å². The molecule has 1 aromatic heterocycles. The van der Waals surface area contributed by atoms with Gasteiger partial charge in [0.05, 0.1) is 11.2 Å². The molecule has 1 N–H and O–H groups in total. The fourth-order valence-electron chi connectivity index (χ4n) is 2.26. The molecule has 5 nitrogen and oxygen atoms in total. The monoisotopic (exact) mass is 397 g/mol. The highest BCUT2D eigenvalue weighted by Gasteiger charge is 2.17. The van der Waals surface area contributed by atoms with Gasteiger partial charge in [-0.1, -0.05) is 15.9 Å². The zero-order valence-corrected chi connectivity index (χ0v) is 13.9. The summed E-state index contributed by atoms with van der Waals surface area (Å²) in [4.78, 5) is 8.40. The molecule has 0 saturated heterocycles. The van der Waals surface area contributed by atoms with Crippen molar-refractivity contribution in [3.8, 4) is 11.5 Å². The summed E-state index contributed by atoms with van der Waals surface area (Å²) in [5, 5.41) is 3.72. The third kappa shape index (κ3) is 2.89. The summed E-state index contributed by atoms with van der Waals surface area (Å²) >= 11 is 3.23. The molecule has 0 radical (unpaired) electrons. The molecule has 2 heterocycles. The van der Waals surface area contributed by atoms with E-state index in [0.717, 1.165) is 5.39 Å². The lowest BCUT2D eigenvalue weighted by Gasteiger charge is -2.10. The molecule has 8 heteroatoms. The van der Waals surface area contributed by atoms with E-state index in [2.05, 4.69) is 31.2 Å². The highest BCUT2D eigenvalue weighted by molar-refractivity contribution is 9.10. The van der Waals surface area contributed by atoms with E-state index in [0.29, 0.717) is 33.0 Å². The Labute approximate surface area is 145 Å². The van der Waals surface area contributed by atoms with Crippen molar-refractivity contribution in [2.24, 2.45) is 0 Å². The third-order valence-corrected chi connectivity index (χ3v) is 3.81. The Morgan fingerprint density at radius 3 is 2.65 bits per heavy atom. The van der Waals surface area contributed by atoms with Crippen molar-refractivity contribution >= 4 is 50.7 Å². The van der Waals surface area contributed by atoms with Crippen LogP contribution in [0.5, 0.6) is 11.5 Å². The molecular formula is C15H10BrClFN3O2. The van der Waals surface area contributed by atoms with Crippen LogP contribution in [-0.4, -0.2) is 16.8 Å². The van der Waals surface area contributed by atoms with Crippen LogP contribution >= 0.6 is 28.3 Å². The van der Waals surface area contributed by atoms with Gasteiger partial charge in [-0.25, -0.2) is 14.4 Å². The normalized spacial score (nSPS) is 12.1. The van der Waals surface area contributed by atoms with E-state index in [1.54, 1.807) is 24.3 Å². The first-order valence-electron chi connectivity index (χ1n) is 6.47. The van der Waals surface area contributed by atoms with Gasteiger partial charge in [-0.2, -0.15) is 0 Å². The highest BCUT2D eigenvalue weighted by Crippen LogP contribution is 2.37. The minimum atomic E-state index is -0.373. The molecule has 0 fully saturated rings. The van der Waals surface area contributed by atoms with Crippen LogP contribution in [0.2, 0.25) is 0 Å². The molecule has 0 unspecified atom stereocenters. The van der Waals surface area contributed by atoms with Crippen molar-refractivity contribution in [3.63, 3.8) is 0 Å². The summed E-state index contributed by atoms with van der Waals surface area (Å²) in [6, 6.07) is 8.35. The lowest BCUT2D eigenvalue weighted by molar-refractivity contribution is 0.174. The molecule has 23 heavy (non-hydrogen) atoms. The molecule has 0 spiro atoms. The highest BCUT2D eigenvalue weighted by atomic mass is 79.9. The number of aromatic nitrogens is 2. The van der Waals surface area contributed by atoms with Crippen LogP contribution in [0.25, 0.3) is 10.9 Å². The van der Waals surface area contributed by atoms with Crippen molar-refractivity contribution in [2.75, 3.05) is 12.1 Å². The van der Waals surface area contributed by atoms with E-state index in [1.165, 1.54) is 12.4 Å². The lowest BCUT2D eigenvalue weighted by atomic mass is 10.2. The van der Waals surface area contributed by atoms with Crippen LogP contribution in [0.15, 0.2) is 41.1 Å². The van der Waals surface area contributed by atoms with Gasteiger partial charge < -0.3 is 14.8 Å². The van der Waals surface area contributed by atoms with E-state index in [4.69, 9.17) is 9.47 Å². The molecule has 0 amide bonds. The number of hydrogen-bond acceptors (Lipinski definition) is 5. The second-order valence-electron chi connectivity index (χ2n) is 4.69. The molecule has 0 aliphatic carbocycles. The van der Waals surface area contributed by atoms with E-state index in [1.807, 2.05) is 0 Å². The molecule has 3 aromatic rings. The molecule has 4 rings (SSSR count). The Kier molecular flexibility index (Phi) is 4.23. The predicted octanol–water partition coefficient (Wildman–Crippen LogP) is 4.43. The smallest absolute Gasteiger partial charge is 0.231 e. The summed E-state index contributed by atoms with van der Waals surface area (Å²) in [6.45, 7) is 0.184. The topological polar surface area (TPSA) is 56.3 Å². The Hall–Kier alpha value is -2.12. The quantitative estimate of drug-likeness (QED) is 0.692. The van der Waals surface area contributed by atoms with E-state index >= 15 is 0 Å². The minimum Gasteiger partial charge on any atom is -0.454 e. The van der Waals surface area contributed by atoms with Crippen molar-refractivity contribution < 1.29 is 13.9 Å². The number of hydrogen-bond donors (Lipinski definition) is 1. The fraction of sp³-hybridized carbons (Fsp3) is 0.0667. The zero-order valence-electron chi connectivity index (χ0n) is 11.5. The number of nitrogens with zero attached hydrogens (tertiary/aromatic N) is 2. The summed E-state index contributed by atoms with van der Waals surface area (Å²) in [5.41, 5.74) is 1.03. The zero-order chi connectivity index (χ0) is 15.1. The first-order chi connectivity index (χ1) is 10.7. The van der Waals surface area contributed by atoms with Gasteiger partial charge in [0, 0.05) is 15.9 Å². The molecule has 2 aromatic carbocycles. The van der Waals surface area contributed by atoms with Crippen LogP contribution in [0, 0.1) is 5.82 Å². The van der Waals surface area contributed by atoms with Crippen molar-refractivity contribution in [2.45, 2.75) is 0 Å². The van der Waals surface area contributed by atoms with E-state index in [9.17, 15) is 4.39 Å². The Morgan fingerprint density at radius 2 is 1.87 bits per heavy atom. The number of rotatable bonds is 2. The maximum atomic E-state index is 14.0.